The van der Waals surface area contributed by atoms with Crippen molar-refractivity contribution in [1.82, 2.24) is 0 Å². The van der Waals surface area contributed by atoms with Crippen LogP contribution in [0.3, 0.4) is 0 Å². The zero-order valence-electron chi connectivity index (χ0n) is 10.8. The Balaban J connectivity index is 3.48. The summed E-state index contributed by atoms with van der Waals surface area (Å²) in [6.07, 6.45) is 1.10. The average Bonchev–Trinajstić information content (AvgIpc) is 2.11. The lowest BCUT2D eigenvalue weighted by Gasteiger charge is -2.25. The van der Waals surface area contributed by atoms with E-state index in [2.05, 4.69) is 27.7 Å². The van der Waals surface area contributed by atoms with Gasteiger partial charge in [0.25, 0.3) is 0 Å². The highest BCUT2D eigenvalue weighted by molar-refractivity contribution is 4.67. The molecule has 92 valence electrons. The molecule has 0 radical (unpaired) electrons. The Morgan fingerprint density at radius 3 is 2.27 bits per heavy atom. The van der Waals surface area contributed by atoms with Crippen LogP contribution in [0.25, 0.3) is 0 Å². The summed E-state index contributed by atoms with van der Waals surface area (Å²) in [5.74, 6) is 0.690. The van der Waals surface area contributed by atoms with E-state index in [9.17, 15) is 0 Å². The van der Waals surface area contributed by atoms with E-state index in [0.29, 0.717) is 25.7 Å². The van der Waals surface area contributed by atoms with Crippen LogP contribution in [0.2, 0.25) is 0 Å². The topological polar surface area (TPSA) is 27.7 Å². The third-order valence-electron chi connectivity index (χ3n) is 2.07. The molecule has 0 spiro atoms. The molecule has 0 heterocycles. The first-order valence-electron chi connectivity index (χ1n) is 5.68. The van der Waals surface area contributed by atoms with Crippen molar-refractivity contribution in [3.63, 3.8) is 0 Å². The zero-order valence-corrected chi connectivity index (χ0v) is 10.8. The molecule has 0 saturated carbocycles. The van der Waals surface area contributed by atoms with Crippen LogP contribution in [0, 0.1) is 5.92 Å². The Labute approximate surface area is 94.1 Å². The van der Waals surface area contributed by atoms with E-state index >= 15 is 0 Å². The number of rotatable bonds is 9. The molecule has 0 rings (SSSR count). The third kappa shape index (κ3) is 10.2. The van der Waals surface area contributed by atoms with Gasteiger partial charge in [-0.2, -0.15) is 0 Å². The van der Waals surface area contributed by atoms with Crippen molar-refractivity contribution < 1.29 is 14.2 Å². The largest absolute Gasteiger partial charge is 0.382 e. The fourth-order valence-corrected chi connectivity index (χ4v) is 1.07. The van der Waals surface area contributed by atoms with Gasteiger partial charge in [0.2, 0.25) is 0 Å². The summed E-state index contributed by atoms with van der Waals surface area (Å²) in [6.45, 7) is 11.2. The second-order valence-electron chi connectivity index (χ2n) is 4.84. The van der Waals surface area contributed by atoms with Crippen LogP contribution in [-0.2, 0) is 14.2 Å². The van der Waals surface area contributed by atoms with E-state index in [1.54, 1.807) is 7.11 Å². The lowest BCUT2D eigenvalue weighted by molar-refractivity contribution is -0.0827. The first-order chi connectivity index (χ1) is 6.98. The van der Waals surface area contributed by atoms with Crippen molar-refractivity contribution in [3.8, 4) is 0 Å². The molecule has 0 aliphatic rings. The van der Waals surface area contributed by atoms with Gasteiger partial charge in [-0.1, -0.05) is 13.8 Å². The fraction of sp³-hybridized carbons (Fsp3) is 1.00. The molecule has 0 aliphatic heterocycles. The van der Waals surface area contributed by atoms with Gasteiger partial charge < -0.3 is 14.2 Å². The number of hydrogen-bond acceptors (Lipinski definition) is 3. The normalized spacial score (nSPS) is 12.4. The first kappa shape index (κ1) is 14.9. The van der Waals surface area contributed by atoms with Crippen LogP contribution in [0.1, 0.15) is 34.1 Å². The molecule has 0 bridgehead atoms. The van der Waals surface area contributed by atoms with Gasteiger partial charge in [-0.3, -0.25) is 0 Å². The molecule has 0 aromatic heterocycles. The minimum atomic E-state index is -0.192. The molecule has 0 aliphatic carbocycles. The van der Waals surface area contributed by atoms with E-state index in [-0.39, 0.29) is 5.60 Å². The molecule has 0 amide bonds. The Kier molecular flexibility index (Phi) is 8.02. The SMILES string of the molecule is COCCOCC(C)(C)OCCC(C)C. The smallest absolute Gasteiger partial charge is 0.0858 e. The van der Waals surface area contributed by atoms with E-state index in [1.807, 2.05) is 0 Å². The Bertz CT molecular complexity index is 144. The van der Waals surface area contributed by atoms with Gasteiger partial charge in [0.05, 0.1) is 25.4 Å². The van der Waals surface area contributed by atoms with Gasteiger partial charge in [-0.15, -0.1) is 0 Å². The maximum atomic E-state index is 5.75. The van der Waals surface area contributed by atoms with Crippen LogP contribution >= 0.6 is 0 Å². The summed E-state index contributed by atoms with van der Waals surface area (Å²) in [6, 6.07) is 0. The molecule has 0 N–H and O–H groups in total. The molecule has 0 aromatic rings. The summed E-state index contributed by atoms with van der Waals surface area (Å²) in [4.78, 5) is 0. The molecular formula is C12H26O3. The summed E-state index contributed by atoms with van der Waals surface area (Å²) < 4.78 is 16.1. The summed E-state index contributed by atoms with van der Waals surface area (Å²) in [5.41, 5.74) is -0.192. The van der Waals surface area contributed by atoms with Gasteiger partial charge in [0.1, 0.15) is 0 Å². The van der Waals surface area contributed by atoms with Crippen LogP contribution in [0.5, 0.6) is 0 Å². The van der Waals surface area contributed by atoms with Crippen LogP contribution in [-0.4, -0.2) is 39.1 Å². The van der Waals surface area contributed by atoms with Gasteiger partial charge in [0.15, 0.2) is 0 Å². The summed E-state index contributed by atoms with van der Waals surface area (Å²) >= 11 is 0. The first-order valence-corrected chi connectivity index (χ1v) is 5.68. The van der Waals surface area contributed by atoms with Crippen LogP contribution < -0.4 is 0 Å². The molecule has 0 unspecified atom stereocenters. The Morgan fingerprint density at radius 1 is 1.07 bits per heavy atom. The fourth-order valence-electron chi connectivity index (χ4n) is 1.07. The molecule has 0 saturated heterocycles. The highest BCUT2D eigenvalue weighted by Gasteiger charge is 2.18. The second kappa shape index (κ2) is 8.08. The highest BCUT2D eigenvalue weighted by Crippen LogP contribution is 2.11. The van der Waals surface area contributed by atoms with Crippen LogP contribution in [0.15, 0.2) is 0 Å². The lowest BCUT2D eigenvalue weighted by atomic mass is 10.1. The standard InChI is InChI=1S/C12H26O3/c1-11(2)6-7-15-12(3,4)10-14-9-8-13-5/h11H,6-10H2,1-5H3. The predicted molar refractivity (Wildman–Crippen MR) is 62.2 cm³/mol. The molecular weight excluding hydrogens is 192 g/mol. The van der Waals surface area contributed by atoms with E-state index < -0.39 is 0 Å². The summed E-state index contributed by atoms with van der Waals surface area (Å²) in [7, 11) is 1.67. The number of hydrogen-bond donors (Lipinski definition) is 0. The van der Waals surface area contributed by atoms with Crippen molar-refractivity contribution in [3.05, 3.63) is 0 Å². The van der Waals surface area contributed by atoms with Gasteiger partial charge >= 0.3 is 0 Å². The molecule has 0 aromatic carbocycles. The second-order valence-corrected chi connectivity index (χ2v) is 4.84. The van der Waals surface area contributed by atoms with Crippen molar-refractivity contribution >= 4 is 0 Å². The van der Waals surface area contributed by atoms with E-state index in [4.69, 9.17) is 14.2 Å². The average molecular weight is 218 g/mol. The third-order valence-corrected chi connectivity index (χ3v) is 2.07. The molecule has 3 heteroatoms. The summed E-state index contributed by atoms with van der Waals surface area (Å²) in [5, 5.41) is 0. The molecule has 0 fully saturated rings. The predicted octanol–water partition coefficient (Wildman–Crippen LogP) is 2.49. The maximum absolute atomic E-state index is 5.75. The molecule has 0 atom stereocenters. The minimum Gasteiger partial charge on any atom is -0.382 e. The maximum Gasteiger partial charge on any atom is 0.0858 e. The van der Waals surface area contributed by atoms with Crippen molar-refractivity contribution in [1.29, 1.82) is 0 Å². The number of ether oxygens (including phenoxy) is 3. The molecule has 15 heavy (non-hydrogen) atoms. The minimum absolute atomic E-state index is 0.192. The van der Waals surface area contributed by atoms with E-state index in [0.717, 1.165) is 13.0 Å². The Morgan fingerprint density at radius 2 is 1.73 bits per heavy atom. The van der Waals surface area contributed by atoms with E-state index in [1.165, 1.54) is 0 Å². The van der Waals surface area contributed by atoms with Crippen molar-refractivity contribution in [2.24, 2.45) is 5.92 Å². The number of methoxy groups -OCH3 is 1. The van der Waals surface area contributed by atoms with Crippen LogP contribution in [0.4, 0.5) is 0 Å². The van der Waals surface area contributed by atoms with Gasteiger partial charge in [0, 0.05) is 13.7 Å². The van der Waals surface area contributed by atoms with Crippen molar-refractivity contribution in [2.45, 2.75) is 39.7 Å². The monoisotopic (exact) mass is 218 g/mol. The highest BCUT2D eigenvalue weighted by atomic mass is 16.6. The Hall–Kier alpha value is -0.120. The van der Waals surface area contributed by atoms with Gasteiger partial charge in [-0.05, 0) is 26.2 Å². The molecule has 3 nitrogen and oxygen atoms in total. The quantitative estimate of drug-likeness (QED) is 0.556. The van der Waals surface area contributed by atoms with Gasteiger partial charge in [-0.25, -0.2) is 0 Å². The lowest BCUT2D eigenvalue weighted by Crippen LogP contribution is -2.32. The van der Waals surface area contributed by atoms with Crippen molar-refractivity contribution in [2.75, 3.05) is 33.5 Å². The zero-order chi connectivity index (χ0) is 11.7.